The van der Waals surface area contributed by atoms with Crippen LogP contribution in [0.2, 0.25) is 0 Å². The molecule has 7 heteroatoms. The number of hydrogen-bond donors (Lipinski definition) is 2. The van der Waals surface area contributed by atoms with Crippen molar-refractivity contribution in [2.24, 2.45) is 0 Å². The molecule has 0 amide bonds. The van der Waals surface area contributed by atoms with Crippen LogP contribution in [0.1, 0.15) is 15.9 Å². The highest BCUT2D eigenvalue weighted by Gasteiger charge is 2.14. The molecule has 0 fully saturated rings. The first-order valence-electron chi connectivity index (χ1n) is 5.72. The second kappa shape index (κ2) is 6.03. The summed E-state index contributed by atoms with van der Waals surface area (Å²) < 4.78 is 24.3. The van der Waals surface area contributed by atoms with Gasteiger partial charge in [0, 0.05) is 26.3 Å². The van der Waals surface area contributed by atoms with E-state index in [0.29, 0.717) is 5.69 Å². The van der Waals surface area contributed by atoms with E-state index in [1.54, 1.807) is 12.1 Å². The fourth-order valence-electron chi connectivity index (χ4n) is 1.49. The molecule has 1 aromatic carbocycles. The highest BCUT2D eigenvalue weighted by Crippen LogP contribution is 2.17. The van der Waals surface area contributed by atoms with Gasteiger partial charge in [0.25, 0.3) is 0 Å². The number of carboxylic acid groups (broad SMARTS) is 1. The van der Waals surface area contributed by atoms with Crippen molar-refractivity contribution in [1.82, 2.24) is 4.31 Å². The highest BCUT2D eigenvalue weighted by atomic mass is 32.2. The molecule has 106 valence electrons. The number of aromatic carboxylic acids is 1. The summed E-state index contributed by atoms with van der Waals surface area (Å²) in [5, 5.41) is 11.9. The predicted molar refractivity (Wildman–Crippen MR) is 74.1 cm³/mol. The smallest absolute Gasteiger partial charge is 0.337 e. The third kappa shape index (κ3) is 4.22. The summed E-state index contributed by atoms with van der Waals surface area (Å²) in [4.78, 5) is 11.0. The van der Waals surface area contributed by atoms with Crippen molar-refractivity contribution in [3.8, 4) is 0 Å². The van der Waals surface area contributed by atoms with E-state index in [1.807, 2.05) is 6.92 Å². The molecule has 0 unspecified atom stereocenters. The molecule has 0 spiro atoms. The Morgan fingerprint density at radius 2 is 2.00 bits per heavy atom. The molecule has 0 aliphatic heterocycles. The fraction of sp³-hybridized carbons (Fsp3) is 0.417. The van der Waals surface area contributed by atoms with Crippen LogP contribution in [0.15, 0.2) is 18.2 Å². The first-order valence-corrected chi connectivity index (χ1v) is 7.33. The van der Waals surface area contributed by atoms with Gasteiger partial charge in [-0.05, 0) is 24.6 Å². The van der Waals surface area contributed by atoms with Gasteiger partial charge in [-0.2, -0.15) is 0 Å². The molecular weight excluding hydrogens is 268 g/mol. The van der Waals surface area contributed by atoms with E-state index in [2.05, 4.69) is 5.32 Å². The number of nitrogens with one attached hydrogen (secondary N) is 1. The number of anilines is 1. The van der Waals surface area contributed by atoms with Gasteiger partial charge in [0.05, 0.1) is 11.3 Å². The average Bonchev–Trinajstić information content (AvgIpc) is 2.28. The highest BCUT2D eigenvalue weighted by molar-refractivity contribution is 7.89. The van der Waals surface area contributed by atoms with Crippen molar-refractivity contribution >= 4 is 21.7 Å². The predicted octanol–water partition coefficient (Wildman–Crippen LogP) is 0.997. The van der Waals surface area contributed by atoms with Crippen LogP contribution in [0.25, 0.3) is 0 Å². The van der Waals surface area contributed by atoms with Gasteiger partial charge in [-0.25, -0.2) is 17.5 Å². The van der Waals surface area contributed by atoms with Crippen LogP contribution < -0.4 is 5.32 Å². The van der Waals surface area contributed by atoms with Gasteiger partial charge in [-0.1, -0.05) is 6.07 Å². The van der Waals surface area contributed by atoms with Crippen molar-refractivity contribution in [1.29, 1.82) is 0 Å². The van der Waals surface area contributed by atoms with Crippen molar-refractivity contribution in [2.45, 2.75) is 6.92 Å². The molecule has 1 rings (SSSR count). The maximum Gasteiger partial charge on any atom is 0.337 e. The summed E-state index contributed by atoms with van der Waals surface area (Å²) in [5.74, 6) is -1.13. The molecule has 0 aromatic heterocycles. The summed E-state index contributed by atoms with van der Waals surface area (Å²) in [6.07, 6.45) is 0. The Bertz CT molecular complexity index is 567. The van der Waals surface area contributed by atoms with Crippen LogP contribution in [0.3, 0.4) is 0 Å². The summed E-state index contributed by atoms with van der Waals surface area (Å²) in [6.45, 7) is 2.00. The minimum absolute atomic E-state index is 0.0903. The Morgan fingerprint density at radius 1 is 1.37 bits per heavy atom. The number of carboxylic acids is 1. The Hall–Kier alpha value is -1.60. The van der Waals surface area contributed by atoms with Crippen molar-refractivity contribution in [3.05, 3.63) is 29.3 Å². The van der Waals surface area contributed by atoms with E-state index in [0.717, 1.165) is 9.87 Å². The monoisotopic (exact) mass is 286 g/mol. The van der Waals surface area contributed by atoms with Gasteiger partial charge in [-0.3, -0.25) is 0 Å². The molecule has 0 atom stereocenters. The molecule has 0 aliphatic rings. The number of rotatable bonds is 6. The number of nitrogens with zero attached hydrogens (tertiary/aromatic N) is 1. The largest absolute Gasteiger partial charge is 0.478 e. The van der Waals surface area contributed by atoms with Crippen molar-refractivity contribution in [3.63, 3.8) is 0 Å². The van der Waals surface area contributed by atoms with Gasteiger partial charge >= 0.3 is 5.97 Å². The van der Waals surface area contributed by atoms with E-state index >= 15 is 0 Å². The van der Waals surface area contributed by atoms with Gasteiger partial charge in [0.1, 0.15) is 0 Å². The lowest BCUT2D eigenvalue weighted by Crippen LogP contribution is -2.28. The third-order valence-corrected chi connectivity index (χ3v) is 4.47. The molecule has 0 heterocycles. The Labute approximate surface area is 113 Å². The normalized spacial score (nSPS) is 11.6. The molecule has 0 aliphatic carbocycles. The molecule has 0 radical (unpaired) electrons. The van der Waals surface area contributed by atoms with E-state index in [4.69, 9.17) is 5.11 Å². The number of sulfonamides is 1. The van der Waals surface area contributed by atoms with Crippen molar-refractivity contribution < 1.29 is 18.3 Å². The standard InChI is InChI=1S/C12H18N2O4S/c1-9-4-5-10(12(15)16)11(8-9)13-6-7-19(17,18)14(2)3/h4-5,8,13H,6-7H2,1-3H3,(H,15,16). The molecule has 0 bridgehead atoms. The maximum atomic E-state index is 11.6. The first-order chi connectivity index (χ1) is 8.74. The molecule has 19 heavy (non-hydrogen) atoms. The lowest BCUT2D eigenvalue weighted by atomic mass is 10.1. The van der Waals surface area contributed by atoms with E-state index < -0.39 is 16.0 Å². The number of hydrogen-bond acceptors (Lipinski definition) is 4. The molecule has 2 N–H and O–H groups in total. The van der Waals surface area contributed by atoms with E-state index in [-0.39, 0.29) is 17.9 Å². The summed E-state index contributed by atoms with van der Waals surface area (Å²) in [7, 11) is -0.362. The summed E-state index contributed by atoms with van der Waals surface area (Å²) in [6, 6.07) is 4.89. The van der Waals surface area contributed by atoms with Gasteiger partial charge in [0.15, 0.2) is 0 Å². The molecule has 1 aromatic rings. The molecule has 0 saturated heterocycles. The maximum absolute atomic E-state index is 11.6. The zero-order valence-electron chi connectivity index (χ0n) is 11.2. The van der Waals surface area contributed by atoms with Crippen LogP contribution in [-0.4, -0.2) is 50.2 Å². The topological polar surface area (TPSA) is 86.7 Å². The lowest BCUT2D eigenvalue weighted by molar-refractivity contribution is 0.0698. The number of carbonyl (C=O) groups is 1. The van der Waals surface area contributed by atoms with E-state index in [9.17, 15) is 13.2 Å². The number of aryl methyl sites for hydroxylation is 1. The first kappa shape index (κ1) is 15.5. The number of benzene rings is 1. The summed E-state index contributed by atoms with van der Waals surface area (Å²) in [5.41, 5.74) is 1.47. The zero-order valence-corrected chi connectivity index (χ0v) is 12.0. The van der Waals surface area contributed by atoms with Crippen LogP contribution in [0, 0.1) is 6.92 Å². The SMILES string of the molecule is Cc1ccc(C(=O)O)c(NCCS(=O)(=O)N(C)C)c1. The van der Waals surface area contributed by atoms with E-state index in [1.165, 1.54) is 20.2 Å². The van der Waals surface area contributed by atoms with Crippen molar-refractivity contribution in [2.75, 3.05) is 31.7 Å². The Kier molecular flexibility index (Phi) is 4.90. The average molecular weight is 286 g/mol. The van der Waals surface area contributed by atoms with Gasteiger partial charge in [-0.15, -0.1) is 0 Å². The minimum Gasteiger partial charge on any atom is -0.478 e. The molecular formula is C12H18N2O4S. The lowest BCUT2D eigenvalue weighted by Gasteiger charge is -2.13. The van der Waals surface area contributed by atoms with Crippen LogP contribution in [0.5, 0.6) is 0 Å². The third-order valence-electron chi connectivity index (χ3n) is 2.64. The second-order valence-corrected chi connectivity index (χ2v) is 6.68. The van der Waals surface area contributed by atoms with Crippen LogP contribution >= 0.6 is 0 Å². The van der Waals surface area contributed by atoms with Gasteiger partial charge < -0.3 is 10.4 Å². The van der Waals surface area contributed by atoms with Gasteiger partial charge in [0.2, 0.25) is 10.0 Å². The zero-order chi connectivity index (χ0) is 14.6. The van der Waals surface area contributed by atoms with Crippen LogP contribution in [0.4, 0.5) is 5.69 Å². The summed E-state index contributed by atoms with van der Waals surface area (Å²) >= 11 is 0. The Morgan fingerprint density at radius 3 is 2.53 bits per heavy atom. The molecule has 0 saturated carbocycles. The minimum atomic E-state index is -3.29. The second-order valence-electron chi connectivity index (χ2n) is 4.38. The quantitative estimate of drug-likeness (QED) is 0.814. The van der Waals surface area contributed by atoms with Crippen LogP contribution in [-0.2, 0) is 10.0 Å². The Balaban J connectivity index is 2.78. The molecule has 6 nitrogen and oxygen atoms in total. The fourth-order valence-corrected chi connectivity index (χ4v) is 2.21.